The number of aromatic nitrogens is 3. The Hall–Kier alpha value is -1.48. The van der Waals surface area contributed by atoms with Crippen molar-refractivity contribution in [3.05, 3.63) is 11.9 Å². The lowest BCUT2D eigenvalue weighted by Crippen LogP contribution is -2.32. The molecule has 0 aliphatic rings. The molecule has 1 heterocycles. The highest BCUT2D eigenvalue weighted by atomic mass is 32.2. The van der Waals surface area contributed by atoms with Gasteiger partial charge in [0.1, 0.15) is 6.54 Å². The fraction of sp³-hybridized carbons (Fsp3) is 0.667. The number of carbonyl (C=O) groups excluding carboxylic acids is 1. The van der Waals surface area contributed by atoms with Crippen molar-refractivity contribution in [1.82, 2.24) is 20.3 Å². The Kier molecular flexibility index (Phi) is 5.23. The van der Waals surface area contributed by atoms with E-state index in [1.54, 1.807) is 13.1 Å². The topological polar surface area (TPSA) is 120 Å². The molecule has 18 heavy (non-hydrogen) atoms. The SMILES string of the molecule is CCS(=O)(=O)CCNC(=O)Cn1cc(CN)nn1. The lowest BCUT2D eigenvalue weighted by Gasteiger charge is -2.04. The third-order valence-corrected chi connectivity index (χ3v) is 3.98. The molecule has 9 heteroatoms. The van der Waals surface area contributed by atoms with Crippen LogP contribution in [0.4, 0.5) is 0 Å². The van der Waals surface area contributed by atoms with Gasteiger partial charge < -0.3 is 11.1 Å². The maximum atomic E-state index is 11.5. The third kappa shape index (κ3) is 4.80. The normalized spacial score (nSPS) is 11.4. The van der Waals surface area contributed by atoms with Gasteiger partial charge in [0.05, 0.1) is 17.6 Å². The van der Waals surface area contributed by atoms with Gasteiger partial charge in [0.25, 0.3) is 0 Å². The van der Waals surface area contributed by atoms with Crippen LogP contribution in [0.5, 0.6) is 0 Å². The van der Waals surface area contributed by atoms with E-state index in [4.69, 9.17) is 5.73 Å². The van der Waals surface area contributed by atoms with Crippen LogP contribution in [0.2, 0.25) is 0 Å². The summed E-state index contributed by atoms with van der Waals surface area (Å²) in [5.41, 5.74) is 5.95. The Morgan fingerprint density at radius 3 is 2.83 bits per heavy atom. The summed E-state index contributed by atoms with van der Waals surface area (Å²) in [5.74, 6) is -0.290. The lowest BCUT2D eigenvalue weighted by molar-refractivity contribution is -0.121. The quantitative estimate of drug-likeness (QED) is 0.611. The average molecular weight is 275 g/mol. The van der Waals surface area contributed by atoms with Crippen molar-refractivity contribution in [2.24, 2.45) is 5.73 Å². The molecule has 0 radical (unpaired) electrons. The number of nitrogens with zero attached hydrogens (tertiary/aromatic N) is 3. The molecule has 1 aromatic heterocycles. The minimum atomic E-state index is -3.05. The van der Waals surface area contributed by atoms with Crippen LogP contribution in [0.3, 0.4) is 0 Å². The number of amides is 1. The molecular weight excluding hydrogens is 258 g/mol. The van der Waals surface area contributed by atoms with Gasteiger partial charge in [0, 0.05) is 18.8 Å². The molecule has 0 aliphatic heterocycles. The predicted molar refractivity (Wildman–Crippen MR) is 65.3 cm³/mol. The lowest BCUT2D eigenvalue weighted by atomic mass is 10.5. The van der Waals surface area contributed by atoms with Crippen LogP contribution in [0.25, 0.3) is 0 Å². The van der Waals surface area contributed by atoms with E-state index < -0.39 is 9.84 Å². The van der Waals surface area contributed by atoms with E-state index in [1.807, 2.05) is 0 Å². The smallest absolute Gasteiger partial charge is 0.241 e. The van der Waals surface area contributed by atoms with Gasteiger partial charge in [0.15, 0.2) is 9.84 Å². The maximum Gasteiger partial charge on any atom is 0.241 e. The molecule has 0 unspecified atom stereocenters. The summed E-state index contributed by atoms with van der Waals surface area (Å²) >= 11 is 0. The van der Waals surface area contributed by atoms with E-state index in [0.29, 0.717) is 5.69 Å². The molecule has 0 fully saturated rings. The first-order valence-corrected chi connectivity index (χ1v) is 7.35. The minimum Gasteiger partial charge on any atom is -0.353 e. The first kappa shape index (κ1) is 14.6. The molecule has 0 saturated heterocycles. The molecule has 0 aliphatic carbocycles. The van der Waals surface area contributed by atoms with Gasteiger partial charge in [-0.05, 0) is 0 Å². The Morgan fingerprint density at radius 1 is 1.56 bits per heavy atom. The van der Waals surface area contributed by atoms with Crippen LogP contribution in [0.15, 0.2) is 6.20 Å². The number of hydrogen-bond donors (Lipinski definition) is 2. The van der Waals surface area contributed by atoms with Crippen molar-refractivity contribution in [1.29, 1.82) is 0 Å². The Bertz CT molecular complexity index is 496. The summed E-state index contributed by atoms with van der Waals surface area (Å²) < 4.78 is 23.7. The summed E-state index contributed by atoms with van der Waals surface area (Å²) in [6.45, 7) is 1.93. The predicted octanol–water partition coefficient (Wildman–Crippen LogP) is -1.71. The van der Waals surface area contributed by atoms with Gasteiger partial charge in [-0.2, -0.15) is 0 Å². The molecule has 8 nitrogen and oxygen atoms in total. The Balaban J connectivity index is 2.34. The van der Waals surface area contributed by atoms with Gasteiger partial charge in [0.2, 0.25) is 5.91 Å². The van der Waals surface area contributed by atoms with Crippen molar-refractivity contribution in [2.75, 3.05) is 18.1 Å². The Labute approximate surface area is 105 Å². The zero-order valence-electron chi connectivity index (χ0n) is 10.2. The van der Waals surface area contributed by atoms with E-state index in [1.165, 1.54) is 4.68 Å². The van der Waals surface area contributed by atoms with E-state index in [-0.39, 0.29) is 37.0 Å². The molecule has 1 rings (SSSR count). The van der Waals surface area contributed by atoms with Crippen molar-refractivity contribution < 1.29 is 13.2 Å². The highest BCUT2D eigenvalue weighted by molar-refractivity contribution is 7.91. The first-order chi connectivity index (χ1) is 8.46. The molecule has 102 valence electrons. The van der Waals surface area contributed by atoms with Gasteiger partial charge >= 0.3 is 0 Å². The van der Waals surface area contributed by atoms with Crippen molar-refractivity contribution in [3.8, 4) is 0 Å². The molecule has 0 spiro atoms. The standard InChI is InChI=1S/C9H17N5O3S/c1-2-18(16,17)4-3-11-9(15)7-14-6-8(5-10)12-13-14/h6H,2-5,7,10H2,1H3,(H,11,15). The number of sulfone groups is 1. The van der Waals surface area contributed by atoms with Crippen molar-refractivity contribution in [3.63, 3.8) is 0 Å². The summed E-state index contributed by atoms with van der Waals surface area (Å²) in [4.78, 5) is 11.5. The number of rotatable bonds is 7. The van der Waals surface area contributed by atoms with Crippen molar-refractivity contribution >= 4 is 15.7 Å². The van der Waals surface area contributed by atoms with E-state index in [0.717, 1.165) is 0 Å². The van der Waals surface area contributed by atoms with E-state index in [9.17, 15) is 13.2 Å². The zero-order valence-corrected chi connectivity index (χ0v) is 11.0. The summed E-state index contributed by atoms with van der Waals surface area (Å²) in [6, 6.07) is 0. The first-order valence-electron chi connectivity index (χ1n) is 5.53. The molecular formula is C9H17N5O3S. The molecule has 0 aromatic carbocycles. The van der Waals surface area contributed by atoms with E-state index in [2.05, 4.69) is 15.6 Å². The number of carbonyl (C=O) groups is 1. The fourth-order valence-electron chi connectivity index (χ4n) is 1.20. The highest BCUT2D eigenvalue weighted by Gasteiger charge is 2.09. The second kappa shape index (κ2) is 6.45. The molecule has 1 amide bonds. The molecule has 0 saturated carbocycles. The average Bonchev–Trinajstić information content (AvgIpc) is 2.76. The fourth-order valence-corrected chi connectivity index (χ4v) is 1.90. The number of nitrogens with one attached hydrogen (secondary N) is 1. The van der Waals surface area contributed by atoms with Crippen LogP contribution in [0.1, 0.15) is 12.6 Å². The van der Waals surface area contributed by atoms with E-state index >= 15 is 0 Å². The summed E-state index contributed by atoms with van der Waals surface area (Å²) in [7, 11) is -3.05. The zero-order chi connectivity index (χ0) is 13.6. The maximum absolute atomic E-state index is 11.5. The minimum absolute atomic E-state index is 0.000821. The molecule has 0 bridgehead atoms. The van der Waals surface area contributed by atoms with Crippen LogP contribution in [0, 0.1) is 0 Å². The third-order valence-electron chi connectivity index (χ3n) is 2.28. The van der Waals surface area contributed by atoms with Gasteiger partial charge in [-0.15, -0.1) is 5.10 Å². The van der Waals surface area contributed by atoms with Gasteiger partial charge in [-0.3, -0.25) is 4.79 Å². The van der Waals surface area contributed by atoms with Crippen LogP contribution < -0.4 is 11.1 Å². The van der Waals surface area contributed by atoms with Crippen LogP contribution >= 0.6 is 0 Å². The second-order valence-electron chi connectivity index (χ2n) is 3.70. The number of nitrogens with two attached hydrogens (primary N) is 1. The molecule has 0 atom stereocenters. The molecule has 3 N–H and O–H groups in total. The molecule has 1 aromatic rings. The second-order valence-corrected chi connectivity index (χ2v) is 6.17. The van der Waals surface area contributed by atoms with Crippen molar-refractivity contribution in [2.45, 2.75) is 20.0 Å². The largest absolute Gasteiger partial charge is 0.353 e. The Morgan fingerprint density at radius 2 is 2.28 bits per heavy atom. The summed E-state index contributed by atoms with van der Waals surface area (Å²) in [5, 5.41) is 9.95. The van der Waals surface area contributed by atoms with Crippen LogP contribution in [-0.4, -0.2) is 47.4 Å². The summed E-state index contributed by atoms with van der Waals surface area (Å²) in [6.07, 6.45) is 1.57. The monoisotopic (exact) mass is 275 g/mol. The van der Waals surface area contributed by atoms with Gasteiger partial charge in [-0.25, -0.2) is 13.1 Å². The van der Waals surface area contributed by atoms with Gasteiger partial charge in [-0.1, -0.05) is 12.1 Å². The number of hydrogen-bond acceptors (Lipinski definition) is 6. The van der Waals surface area contributed by atoms with Crippen LogP contribution in [-0.2, 0) is 27.7 Å². The highest BCUT2D eigenvalue weighted by Crippen LogP contribution is 1.91.